The van der Waals surface area contributed by atoms with Gasteiger partial charge in [-0.3, -0.25) is 4.79 Å². The lowest BCUT2D eigenvalue weighted by Crippen LogP contribution is -2.24. The van der Waals surface area contributed by atoms with E-state index < -0.39 is 17.7 Å². The molecular weight excluding hydrogens is 252 g/mol. The molecule has 0 aliphatic heterocycles. The number of carbonyl (C=O) groups is 1. The number of benzene rings is 1. The minimum Gasteiger partial charge on any atom is -0.388 e. The number of hydrogen-bond acceptors (Lipinski definition) is 2. The van der Waals surface area contributed by atoms with Gasteiger partial charge in [-0.25, -0.2) is 8.78 Å². The molecule has 1 saturated carbocycles. The molecule has 0 saturated heterocycles. The highest BCUT2D eigenvalue weighted by atomic mass is 19.2. The van der Waals surface area contributed by atoms with Gasteiger partial charge in [0.05, 0.1) is 6.10 Å². The standard InChI is InChI=1S/C14H17F2NO2/c15-11-7-4-9(8-12(11)16)13(18)2-1-3-14(19)17-10-5-6-10/h4,7-8,10,13,18H,1-3,5-6H2,(H,17,19). The van der Waals surface area contributed by atoms with E-state index in [1.54, 1.807) is 0 Å². The van der Waals surface area contributed by atoms with E-state index in [-0.39, 0.29) is 5.91 Å². The van der Waals surface area contributed by atoms with Crippen molar-refractivity contribution in [1.29, 1.82) is 0 Å². The molecule has 1 amide bonds. The SMILES string of the molecule is O=C(CCCC(O)c1ccc(F)c(F)c1)NC1CC1. The highest BCUT2D eigenvalue weighted by Crippen LogP contribution is 2.22. The maximum Gasteiger partial charge on any atom is 0.220 e. The smallest absolute Gasteiger partial charge is 0.220 e. The topological polar surface area (TPSA) is 49.3 Å². The third kappa shape index (κ3) is 4.28. The van der Waals surface area contributed by atoms with Crippen LogP contribution in [0.2, 0.25) is 0 Å². The summed E-state index contributed by atoms with van der Waals surface area (Å²) < 4.78 is 25.7. The zero-order valence-electron chi connectivity index (χ0n) is 10.5. The normalized spacial score (nSPS) is 16.2. The number of rotatable bonds is 6. The van der Waals surface area contributed by atoms with Crippen molar-refractivity contribution < 1.29 is 18.7 Å². The van der Waals surface area contributed by atoms with Gasteiger partial charge in [-0.1, -0.05) is 6.07 Å². The van der Waals surface area contributed by atoms with Crippen LogP contribution in [-0.4, -0.2) is 17.1 Å². The number of carbonyl (C=O) groups excluding carboxylic acids is 1. The van der Waals surface area contributed by atoms with Crippen LogP contribution in [0.3, 0.4) is 0 Å². The van der Waals surface area contributed by atoms with Gasteiger partial charge in [-0.05, 0) is 43.4 Å². The lowest BCUT2D eigenvalue weighted by molar-refractivity contribution is -0.121. The summed E-state index contributed by atoms with van der Waals surface area (Å²) in [6.07, 6.45) is 2.43. The molecule has 0 bridgehead atoms. The predicted octanol–water partition coefficient (Wildman–Crippen LogP) is 2.45. The lowest BCUT2D eigenvalue weighted by Gasteiger charge is -2.11. The number of halogens is 2. The Morgan fingerprint density at radius 3 is 2.74 bits per heavy atom. The van der Waals surface area contributed by atoms with Crippen LogP contribution in [0, 0.1) is 11.6 Å². The van der Waals surface area contributed by atoms with Crippen LogP contribution < -0.4 is 5.32 Å². The minimum absolute atomic E-state index is 0.0139. The Morgan fingerprint density at radius 2 is 2.11 bits per heavy atom. The van der Waals surface area contributed by atoms with Crippen molar-refractivity contribution >= 4 is 5.91 Å². The van der Waals surface area contributed by atoms with Crippen LogP contribution in [0.25, 0.3) is 0 Å². The van der Waals surface area contributed by atoms with Gasteiger partial charge < -0.3 is 10.4 Å². The summed E-state index contributed by atoms with van der Waals surface area (Å²) in [5.41, 5.74) is 0.335. The number of aliphatic hydroxyl groups is 1. The van der Waals surface area contributed by atoms with Gasteiger partial charge in [0.1, 0.15) is 0 Å². The molecule has 1 aromatic carbocycles. The van der Waals surface area contributed by atoms with Crippen molar-refractivity contribution in [1.82, 2.24) is 5.32 Å². The fraction of sp³-hybridized carbons (Fsp3) is 0.500. The van der Waals surface area contributed by atoms with E-state index in [0.717, 1.165) is 25.0 Å². The Balaban J connectivity index is 1.75. The van der Waals surface area contributed by atoms with E-state index in [9.17, 15) is 18.7 Å². The molecule has 2 N–H and O–H groups in total. The van der Waals surface area contributed by atoms with Gasteiger partial charge in [0, 0.05) is 12.5 Å². The molecule has 0 heterocycles. The quantitative estimate of drug-likeness (QED) is 0.833. The highest BCUT2D eigenvalue weighted by molar-refractivity contribution is 5.76. The van der Waals surface area contributed by atoms with Gasteiger partial charge in [-0.2, -0.15) is 0 Å². The van der Waals surface area contributed by atoms with Crippen LogP contribution in [-0.2, 0) is 4.79 Å². The average Bonchev–Trinajstić information content (AvgIpc) is 3.16. The predicted molar refractivity (Wildman–Crippen MR) is 66.3 cm³/mol. The van der Waals surface area contributed by atoms with E-state index in [1.807, 2.05) is 0 Å². The van der Waals surface area contributed by atoms with E-state index >= 15 is 0 Å². The summed E-state index contributed by atoms with van der Waals surface area (Å²) in [7, 11) is 0. The Labute approximate surface area is 110 Å². The molecule has 1 aliphatic carbocycles. The summed E-state index contributed by atoms with van der Waals surface area (Å²) in [6.45, 7) is 0. The summed E-state index contributed by atoms with van der Waals surface area (Å²) >= 11 is 0. The second kappa shape index (κ2) is 6.10. The van der Waals surface area contributed by atoms with E-state index in [4.69, 9.17) is 0 Å². The molecule has 1 fully saturated rings. The Bertz CT molecular complexity index is 461. The minimum atomic E-state index is -0.969. The largest absolute Gasteiger partial charge is 0.388 e. The van der Waals surface area contributed by atoms with Crippen molar-refractivity contribution in [3.05, 3.63) is 35.4 Å². The molecule has 1 aliphatic rings. The third-order valence-corrected chi connectivity index (χ3v) is 3.15. The number of nitrogens with one attached hydrogen (secondary N) is 1. The summed E-state index contributed by atoms with van der Waals surface area (Å²) in [6, 6.07) is 3.68. The van der Waals surface area contributed by atoms with Crippen LogP contribution in [0.1, 0.15) is 43.8 Å². The molecule has 19 heavy (non-hydrogen) atoms. The third-order valence-electron chi connectivity index (χ3n) is 3.15. The lowest BCUT2D eigenvalue weighted by atomic mass is 10.0. The van der Waals surface area contributed by atoms with Crippen LogP contribution in [0.15, 0.2) is 18.2 Å². The van der Waals surface area contributed by atoms with Crippen molar-refractivity contribution in [2.24, 2.45) is 0 Å². The summed E-state index contributed by atoms with van der Waals surface area (Å²) in [5, 5.41) is 12.7. The molecule has 2 rings (SSSR count). The number of aliphatic hydroxyl groups excluding tert-OH is 1. The summed E-state index contributed by atoms with van der Waals surface area (Å²) in [4.78, 5) is 11.4. The Hall–Kier alpha value is -1.49. The first kappa shape index (κ1) is 13.9. The summed E-state index contributed by atoms with van der Waals surface area (Å²) in [5.74, 6) is -1.91. The zero-order chi connectivity index (χ0) is 13.8. The first-order chi connectivity index (χ1) is 9.06. The van der Waals surface area contributed by atoms with E-state index in [1.165, 1.54) is 6.07 Å². The molecule has 0 aromatic heterocycles. The van der Waals surface area contributed by atoms with Gasteiger partial charge in [0.2, 0.25) is 5.91 Å². The van der Waals surface area contributed by atoms with Crippen LogP contribution in [0.4, 0.5) is 8.78 Å². The first-order valence-corrected chi connectivity index (χ1v) is 6.48. The Morgan fingerprint density at radius 1 is 1.37 bits per heavy atom. The molecule has 0 spiro atoms. The highest BCUT2D eigenvalue weighted by Gasteiger charge is 2.22. The van der Waals surface area contributed by atoms with Crippen LogP contribution >= 0.6 is 0 Å². The maximum atomic E-state index is 13.0. The second-order valence-corrected chi connectivity index (χ2v) is 4.92. The molecule has 1 atom stereocenters. The van der Waals surface area contributed by atoms with Crippen molar-refractivity contribution in [3.8, 4) is 0 Å². The molecule has 104 valence electrons. The van der Waals surface area contributed by atoms with Gasteiger partial charge in [0.25, 0.3) is 0 Å². The molecule has 1 aromatic rings. The van der Waals surface area contributed by atoms with E-state index in [2.05, 4.69) is 5.32 Å². The van der Waals surface area contributed by atoms with Crippen LogP contribution in [0.5, 0.6) is 0 Å². The molecular formula is C14H17F2NO2. The fourth-order valence-electron chi connectivity index (χ4n) is 1.87. The molecule has 0 radical (unpaired) electrons. The van der Waals surface area contributed by atoms with E-state index in [0.29, 0.717) is 30.9 Å². The van der Waals surface area contributed by atoms with Gasteiger partial charge in [-0.15, -0.1) is 0 Å². The monoisotopic (exact) mass is 269 g/mol. The van der Waals surface area contributed by atoms with Gasteiger partial charge >= 0.3 is 0 Å². The van der Waals surface area contributed by atoms with Crippen molar-refractivity contribution in [2.75, 3.05) is 0 Å². The van der Waals surface area contributed by atoms with Crippen molar-refractivity contribution in [2.45, 2.75) is 44.2 Å². The van der Waals surface area contributed by atoms with Gasteiger partial charge in [0.15, 0.2) is 11.6 Å². The number of hydrogen-bond donors (Lipinski definition) is 2. The maximum absolute atomic E-state index is 13.0. The molecule has 3 nitrogen and oxygen atoms in total. The second-order valence-electron chi connectivity index (χ2n) is 4.92. The average molecular weight is 269 g/mol. The molecule has 1 unspecified atom stereocenters. The van der Waals surface area contributed by atoms with Crippen molar-refractivity contribution in [3.63, 3.8) is 0 Å². The Kier molecular flexibility index (Phi) is 4.47. The number of amides is 1. The fourth-order valence-corrected chi connectivity index (χ4v) is 1.87. The first-order valence-electron chi connectivity index (χ1n) is 6.48. The zero-order valence-corrected chi connectivity index (χ0v) is 10.5. The molecule has 5 heteroatoms.